The summed E-state index contributed by atoms with van der Waals surface area (Å²) in [6.45, 7) is 12.1. The van der Waals surface area contributed by atoms with Gasteiger partial charge in [-0.1, -0.05) is 19.4 Å². The van der Waals surface area contributed by atoms with Crippen LogP contribution in [0.3, 0.4) is 0 Å². The van der Waals surface area contributed by atoms with E-state index in [4.69, 9.17) is 4.99 Å². The van der Waals surface area contributed by atoms with E-state index in [1.807, 2.05) is 11.3 Å². The number of rotatable bonds is 8. The van der Waals surface area contributed by atoms with Gasteiger partial charge >= 0.3 is 0 Å². The third-order valence-electron chi connectivity index (χ3n) is 6.57. The molecular weight excluding hydrogens is 505 g/mol. The lowest BCUT2D eigenvalue weighted by Gasteiger charge is -2.49. The van der Waals surface area contributed by atoms with Crippen LogP contribution in [0, 0.1) is 5.92 Å². The van der Waals surface area contributed by atoms with Crippen molar-refractivity contribution in [2.24, 2.45) is 10.9 Å². The molecule has 1 unspecified atom stereocenters. The zero-order chi connectivity index (χ0) is 20.5. The zero-order valence-corrected chi connectivity index (χ0v) is 22.3. The molecule has 0 saturated carbocycles. The Balaban J connectivity index is 0.00000320. The second-order valence-corrected chi connectivity index (χ2v) is 10.1. The summed E-state index contributed by atoms with van der Waals surface area (Å²) in [5.74, 6) is 1.58. The van der Waals surface area contributed by atoms with Gasteiger partial charge in [-0.15, -0.1) is 35.3 Å². The third kappa shape index (κ3) is 7.64. The van der Waals surface area contributed by atoms with Crippen molar-refractivity contribution in [3.05, 3.63) is 22.4 Å². The normalized spacial score (nSPS) is 21.6. The molecule has 1 aromatic heterocycles. The van der Waals surface area contributed by atoms with E-state index in [-0.39, 0.29) is 29.5 Å². The average molecular weight is 548 g/mol. The molecule has 1 atom stereocenters. The summed E-state index contributed by atoms with van der Waals surface area (Å²) in [5.41, 5.74) is 0.248. The monoisotopic (exact) mass is 547 g/mol. The molecule has 3 rings (SSSR count). The number of halogens is 1. The first-order valence-electron chi connectivity index (χ1n) is 11.6. The van der Waals surface area contributed by atoms with Gasteiger partial charge in [-0.3, -0.25) is 9.89 Å². The van der Waals surface area contributed by atoms with Crippen molar-refractivity contribution in [1.29, 1.82) is 0 Å². The van der Waals surface area contributed by atoms with E-state index >= 15 is 0 Å². The number of aliphatic imine (C=N–C) groups is 1. The summed E-state index contributed by atoms with van der Waals surface area (Å²) in [6, 6.07) is 4.39. The summed E-state index contributed by atoms with van der Waals surface area (Å²) >= 11 is 1.86. The molecule has 0 aromatic carbocycles. The second kappa shape index (κ2) is 13.2. The molecule has 0 radical (unpaired) electrons. The van der Waals surface area contributed by atoms with Crippen LogP contribution in [0.15, 0.2) is 22.5 Å². The molecule has 172 valence electrons. The van der Waals surface area contributed by atoms with Crippen molar-refractivity contribution in [2.45, 2.75) is 57.9 Å². The number of nitrogens with one attached hydrogen (secondary N) is 2. The van der Waals surface area contributed by atoms with E-state index in [2.05, 4.69) is 58.8 Å². The lowest BCUT2D eigenvalue weighted by Crippen LogP contribution is -2.58. The minimum Gasteiger partial charge on any atom is -0.357 e. The van der Waals surface area contributed by atoms with Crippen LogP contribution in [0.1, 0.15) is 50.8 Å². The van der Waals surface area contributed by atoms with Crippen molar-refractivity contribution < 1.29 is 0 Å². The van der Waals surface area contributed by atoms with Crippen molar-refractivity contribution in [1.82, 2.24) is 20.4 Å². The third-order valence-corrected chi connectivity index (χ3v) is 7.47. The Morgan fingerprint density at radius 2 is 1.90 bits per heavy atom. The SMILES string of the molecule is CCNC(=NCC1(N2CCCCC2)CCN(C)CC1)NCC(C)Cc1cccs1.I. The summed E-state index contributed by atoms with van der Waals surface area (Å²) in [6.07, 6.45) is 7.69. The van der Waals surface area contributed by atoms with E-state index in [1.54, 1.807) is 0 Å². The second-order valence-electron chi connectivity index (χ2n) is 9.04. The Bertz CT molecular complexity index is 607. The van der Waals surface area contributed by atoms with Gasteiger partial charge in [-0.25, -0.2) is 0 Å². The number of piperidine rings is 2. The maximum atomic E-state index is 5.12. The quantitative estimate of drug-likeness (QED) is 0.293. The molecule has 5 nitrogen and oxygen atoms in total. The predicted molar refractivity (Wildman–Crippen MR) is 141 cm³/mol. The van der Waals surface area contributed by atoms with Gasteiger partial charge in [0.2, 0.25) is 0 Å². The number of thiophene rings is 1. The molecule has 1 aromatic rings. The molecule has 30 heavy (non-hydrogen) atoms. The molecule has 7 heteroatoms. The lowest BCUT2D eigenvalue weighted by atomic mass is 9.84. The predicted octanol–water partition coefficient (Wildman–Crippen LogP) is 4.05. The Hall–Kier alpha value is -0.380. The Morgan fingerprint density at radius 1 is 1.17 bits per heavy atom. The Kier molecular flexibility index (Phi) is 11.4. The molecule has 2 fully saturated rings. The maximum Gasteiger partial charge on any atom is 0.191 e. The minimum absolute atomic E-state index is 0. The molecular formula is C23H42IN5S. The van der Waals surface area contributed by atoms with E-state index in [9.17, 15) is 0 Å². The highest BCUT2D eigenvalue weighted by Gasteiger charge is 2.39. The topological polar surface area (TPSA) is 42.9 Å². The van der Waals surface area contributed by atoms with E-state index in [1.165, 1.54) is 63.2 Å². The fourth-order valence-corrected chi connectivity index (χ4v) is 5.53. The standard InChI is InChI=1S/C23H41N5S.HI/c1-4-24-22(25-18-20(2)17-21-9-8-16-29-21)26-19-23(10-14-27(3)15-11-23)28-12-6-5-7-13-28;/h8-9,16,20H,4-7,10-15,17-19H2,1-3H3,(H2,24,25,26);1H. The minimum atomic E-state index is 0. The van der Waals surface area contributed by atoms with Crippen molar-refractivity contribution in [2.75, 3.05) is 52.9 Å². The van der Waals surface area contributed by atoms with Gasteiger partial charge in [0.1, 0.15) is 0 Å². The summed E-state index contributed by atoms with van der Waals surface area (Å²) < 4.78 is 0. The Labute approximate surface area is 205 Å². The van der Waals surface area contributed by atoms with Gasteiger partial charge in [0.15, 0.2) is 5.96 Å². The molecule has 0 amide bonds. The first-order chi connectivity index (χ1) is 14.1. The Morgan fingerprint density at radius 3 is 2.53 bits per heavy atom. The van der Waals surface area contributed by atoms with Gasteiger partial charge in [-0.2, -0.15) is 0 Å². The van der Waals surface area contributed by atoms with Crippen LogP contribution in [0.25, 0.3) is 0 Å². The first-order valence-corrected chi connectivity index (χ1v) is 12.5. The largest absolute Gasteiger partial charge is 0.357 e. The van der Waals surface area contributed by atoms with Gasteiger partial charge in [-0.05, 0) is 89.6 Å². The number of guanidine groups is 1. The van der Waals surface area contributed by atoms with Gasteiger partial charge in [0.25, 0.3) is 0 Å². The summed E-state index contributed by atoms with van der Waals surface area (Å²) in [5, 5.41) is 9.26. The van der Waals surface area contributed by atoms with Gasteiger partial charge in [0, 0.05) is 23.5 Å². The highest BCUT2D eigenvalue weighted by molar-refractivity contribution is 14.0. The van der Waals surface area contributed by atoms with Crippen LogP contribution in [0.2, 0.25) is 0 Å². The molecule has 2 aliphatic rings. The van der Waals surface area contributed by atoms with Gasteiger partial charge in [0.05, 0.1) is 6.54 Å². The molecule has 2 aliphatic heterocycles. The van der Waals surface area contributed by atoms with Gasteiger partial charge < -0.3 is 15.5 Å². The van der Waals surface area contributed by atoms with Crippen LogP contribution in [0.5, 0.6) is 0 Å². The number of likely N-dealkylation sites (tertiary alicyclic amines) is 2. The van der Waals surface area contributed by atoms with Crippen molar-refractivity contribution in [3.63, 3.8) is 0 Å². The molecule has 0 aliphatic carbocycles. The van der Waals surface area contributed by atoms with Crippen LogP contribution < -0.4 is 10.6 Å². The van der Waals surface area contributed by atoms with Crippen LogP contribution >= 0.6 is 35.3 Å². The van der Waals surface area contributed by atoms with E-state index < -0.39 is 0 Å². The molecule has 0 spiro atoms. The molecule has 0 bridgehead atoms. The lowest BCUT2D eigenvalue weighted by molar-refractivity contribution is 0.0208. The van der Waals surface area contributed by atoms with Crippen LogP contribution in [-0.4, -0.2) is 74.2 Å². The number of hydrogen-bond acceptors (Lipinski definition) is 4. The highest BCUT2D eigenvalue weighted by atomic mass is 127. The molecule has 2 N–H and O–H groups in total. The number of nitrogens with zero attached hydrogens (tertiary/aromatic N) is 3. The zero-order valence-electron chi connectivity index (χ0n) is 19.2. The van der Waals surface area contributed by atoms with Crippen molar-refractivity contribution >= 4 is 41.3 Å². The van der Waals surface area contributed by atoms with Crippen molar-refractivity contribution in [3.8, 4) is 0 Å². The smallest absolute Gasteiger partial charge is 0.191 e. The van der Waals surface area contributed by atoms with Crippen LogP contribution in [-0.2, 0) is 6.42 Å². The van der Waals surface area contributed by atoms with E-state index in [0.29, 0.717) is 5.92 Å². The highest BCUT2D eigenvalue weighted by Crippen LogP contribution is 2.31. The fourth-order valence-electron chi connectivity index (χ4n) is 4.66. The maximum absolute atomic E-state index is 5.12. The molecule has 2 saturated heterocycles. The van der Waals surface area contributed by atoms with E-state index in [0.717, 1.165) is 32.0 Å². The summed E-state index contributed by atoms with van der Waals surface area (Å²) in [7, 11) is 2.25. The summed E-state index contributed by atoms with van der Waals surface area (Å²) in [4.78, 5) is 11.8. The first kappa shape index (κ1) is 25.9. The number of hydrogen-bond donors (Lipinski definition) is 2. The average Bonchev–Trinajstić information content (AvgIpc) is 3.25. The fraction of sp³-hybridized carbons (Fsp3) is 0.783. The van der Waals surface area contributed by atoms with Crippen LogP contribution in [0.4, 0.5) is 0 Å². The molecule has 3 heterocycles.